The minimum atomic E-state index is -0.296. The van der Waals surface area contributed by atoms with Gasteiger partial charge in [-0.3, -0.25) is 0 Å². The number of aromatic nitrogens is 1. The van der Waals surface area contributed by atoms with Gasteiger partial charge in [-0.25, -0.2) is 4.39 Å². The van der Waals surface area contributed by atoms with E-state index in [2.05, 4.69) is 5.16 Å². The van der Waals surface area contributed by atoms with Crippen LogP contribution in [0.3, 0.4) is 0 Å². The minimum absolute atomic E-state index is 0.296. The highest BCUT2D eigenvalue weighted by Gasteiger charge is 2.14. The van der Waals surface area contributed by atoms with Crippen LogP contribution in [0.1, 0.15) is 12.7 Å². The lowest BCUT2D eigenvalue weighted by Crippen LogP contribution is -1.90. The van der Waals surface area contributed by atoms with Gasteiger partial charge in [-0.05, 0) is 17.7 Å². The van der Waals surface area contributed by atoms with E-state index in [1.807, 2.05) is 6.92 Å². The van der Waals surface area contributed by atoms with Crippen molar-refractivity contribution in [1.29, 1.82) is 0 Å². The molecule has 78 valence electrons. The Bertz CT molecular complexity index is 479. The molecule has 3 nitrogen and oxygen atoms in total. The summed E-state index contributed by atoms with van der Waals surface area (Å²) in [7, 11) is 0. The third-order valence-corrected chi connectivity index (χ3v) is 2.22. The Morgan fingerprint density at radius 2 is 2.27 bits per heavy atom. The average molecular weight is 206 g/mol. The normalized spacial score (nSPS) is 10.5. The molecule has 0 saturated heterocycles. The van der Waals surface area contributed by atoms with Crippen molar-refractivity contribution in [2.75, 3.05) is 5.73 Å². The Morgan fingerprint density at radius 3 is 2.93 bits per heavy atom. The average Bonchev–Trinajstić information content (AvgIpc) is 2.59. The van der Waals surface area contributed by atoms with Crippen LogP contribution in [0.25, 0.3) is 11.1 Å². The maximum absolute atomic E-state index is 13.0. The summed E-state index contributed by atoms with van der Waals surface area (Å²) in [5.41, 5.74) is 7.06. The third kappa shape index (κ3) is 1.70. The molecule has 0 aliphatic rings. The fourth-order valence-electron chi connectivity index (χ4n) is 1.53. The quantitative estimate of drug-likeness (QED) is 0.821. The highest BCUT2D eigenvalue weighted by atomic mass is 19.1. The lowest BCUT2D eigenvalue weighted by molar-refractivity contribution is 0.390. The number of aryl methyl sites for hydroxylation is 1. The van der Waals surface area contributed by atoms with Gasteiger partial charge in [-0.1, -0.05) is 24.2 Å². The number of nitrogens with zero attached hydrogens (tertiary/aromatic N) is 1. The molecule has 0 saturated carbocycles. The van der Waals surface area contributed by atoms with Crippen LogP contribution < -0.4 is 5.73 Å². The molecule has 1 heterocycles. The lowest BCUT2D eigenvalue weighted by Gasteiger charge is -2.00. The summed E-state index contributed by atoms with van der Waals surface area (Å²) < 4.78 is 18.1. The standard InChI is InChI=1S/C11H11FN2O/c1-2-9-10(11(13)14-15-9)7-4-3-5-8(12)6-7/h3-6H,2H2,1H3,(H2,13,14). The van der Waals surface area contributed by atoms with Crippen LogP contribution in [0.2, 0.25) is 0 Å². The van der Waals surface area contributed by atoms with Crippen LogP contribution in [0.5, 0.6) is 0 Å². The summed E-state index contributed by atoms with van der Waals surface area (Å²) >= 11 is 0. The van der Waals surface area contributed by atoms with Crippen LogP contribution >= 0.6 is 0 Å². The van der Waals surface area contributed by atoms with Crippen molar-refractivity contribution >= 4 is 5.82 Å². The summed E-state index contributed by atoms with van der Waals surface area (Å²) in [6, 6.07) is 6.22. The predicted octanol–water partition coefficient (Wildman–Crippen LogP) is 2.63. The summed E-state index contributed by atoms with van der Waals surface area (Å²) in [6.07, 6.45) is 0.677. The summed E-state index contributed by atoms with van der Waals surface area (Å²) in [4.78, 5) is 0. The first-order valence-electron chi connectivity index (χ1n) is 4.72. The Kier molecular flexibility index (Phi) is 2.41. The molecule has 0 fully saturated rings. The molecule has 0 aliphatic carbocycles. The zero-order chi connectivity index (χ0) is 10.8. The van der Waals surface area contributed by atoms with Crippen molar-refractivity contribution in [3.63, 3.8) is 0 Å². The molecule has 0 atom stereocenters. The molecular weight excluding hydrogens is 195 g/mol. The first-order valence-corrected chi connectivity index (χ1v) is 4.72. The van der Waals surface area contributed by atoms with Crippen molar-refractivity contribution < 1.29 is 8.91 Å². The zero-order valence-electron chi connectivity index (χ0n) is 8.33. The van der Waals surface area contributed by atoms with Gasteiger partial charge in [0.1, 0.15) is 11.6 Å². The number of nitrogen functional groups attached to an aromatic ring is 1. The van der Waals surface area contributed by atoms with Crippen molar-refractivity contribution in [3.8, 4) is 11.1 Å². The number of anilines is 1. The third-order valence-electron chi connectivity index (χ3n) is 2.22. The van der Waals surface area contributed by atoms with Gasteiger partial charge in [0.2, 0.25) is 0 Å². The molecule has 0 bridgehead atoms. The lowest BCUT2D eigenvalue weighted by atomic mass is 10.0. The van der Waals surface area contributed by atoms with Crippen LogP contribution in [-0.4, -0.2) is 5.16 Å². The molecule has 2 N–H and O–H groups in total. The Morgan fingerprint density at radius 1 is 1.47 bits per heavy atom. The van der Waals surface area contributed by atoms with Crippen LogP contribution in [0.4, 0.5) is 10.2 Å². The van der Waals surface area contributed by atoms with Crippen LogP contribution in [0, 0.1) is 5.82 Å². The van der Waals surface area contributed by atoms with E-state index in [-0.39, 0.29) is 5.82 Å². The number of benzene rings is 1. The molecule has 0 unspecified atom stereocenters. The van der Waals surface area contributed by atoms with E-state index in [0.29, 0.717) is 29.1 Å². The van der Waals surface area contributed by atoms with E-state index < -0.39 is 0 Å². The molecule has 0 spiro atoms. The van der Waals surface area contributed by atoms with E-state index >= 15 is 0 Å². The van der Waals surface area contributed by atoms with E-state index in [1.54, 1.807) is 12.1 Å². The van der Waals surface area contributed by atoms with Crippen molar-refractivity contribution in [2.45, 2.75) is 13.3 Å². The molecule has 1 aromatic heterocycles. The molecule has 2 rings (SSSR count). The number of nitrogens with two attached hydrogens (primary N) is 1. The predicted molar refractivity (Wildman–Crippen MR) is 55.7 cm³/mol. The van der Waals surface area contributed by atoms with E-state index in [9.17, 15) is 4.39 Å². The number of hydrogen-bond acceptors (Lipinski definition) is 3. The fraction of sp³-hybridized carbons (Fsp3) is 0.182. The van der Waals surface area contributed by atoms with Crippen molar-refractivity contribution in [1.82, 2.24) is 5.16 Å². The first kappa shape index (κ1) is 9.71. The fourth-order valence-corrected chi connectivity index (χ4v) is 1.53. The van der Waals surface area contributed by atoms with E-state index in [1.165, 1.54) is 12.1 Å². The molecule has 4 heteroatoms. The minimum Gasteiger partial charge on any atom is -0.380 e. The molecule has 15 heavy (non-hydrogen) atoms. The highest BCUT2D eigenvalue weighted by Crippen LogP contribution is 2.29. The molecule has 1 aromatic carbocycles. The number of rotatable bonds is 2. The monoisotopic (exact) mass is 206 g/mol. The Balaban J connectivity index is 2.57. The SMILES string of the molecule is CCc1onc(N)c1-c1cccc(F)c1. The number of halogens is 1. The second kappa shape index (κ2) is 3.73. The summed E-state index contributed by atoms with van der Waals surface area (Å²) in [6.45, 7) is 1.93. The van der Waals surface area contributed by atoms with Gasteiger partial charge in [0, 0.05) is 6.42 Å². The zero-order valence-corrected chi connectivity index (χ0v) is 8.33. The van der Waals surface area contributed by atoms with Gasteiger partial charge in [0.15, 0.2) is 5.82 Å². The number of hydrogen-bond donors (Lipinski definition) is 1. The smallest absolute Gasteiger partial charge is 0.175 e. The second-order valence-corrected chi connectivity index (χ2v) is 3.23. The Labute approximate surface area is 86.7 Å². The van der Waals surface area contributed by atoms with Gasteiger partial charge in [0.25, 0.3) is 0 Å². The van der Waals surface area contributed by atoms with Crippen LogP contribution in [0.15, 0.2) is 28.8 Å². The van der Waals surface area contributed by atoms with Crippen molar-refractivity contribution in [3.05, 3.63) is 35.8 Å². The maximum atomic E-state index is 13.0. The molecule has 0 aliphatic heterocycles. The van der Waals surface area contributed by atoms with Gasteiger partial charge in [-0.15, -0.1) is 0 Å². The van der Waals surface area contributed by atoms with Gasteiger partial charge >= 0.3 is 0 Å². The summed E-state index contributed by atoms with van der Waals surface area (Å²) in [5, 5.41) is 3.67. The van der Waals surface area contributed by atoms with Crippen LogP contribution in [-0.2, 0) is 6.42 Å². The van der Waals surface area contributed by atoms with Gasteiger partial charge in [-0.2, -0.15) is 0 Å². The first-order chi connectivity index (χ1) is 7.22. The van der Waals surface area contributed by atoms with Crippen molar-refractivity contribution in [2.24, 2.45) is 0 Å². The molecule has 0 radical (unpaired) electrons. The highest BCUT2D eigenvalue weighted by molar-refractivity contribution is 5.75. The Hall–Kier alpha value is -1.84. The molecule has 2 aromatic rings. The van der Waals surface area contributed by atoms with E-state index in [0.717, 1.165) is 0 Å². The molecular formula is C11H11FN2O. The largest absolute Gasteiger partial charge is 0.380 e. The van der Waals surface area contributed by atoms with Gasteiger partial charge < -0.3 is 10.3 Å². The van der Waals surface area contributed by atoms with Gasteiger partial charge in [0.05, 0.1) is 5.56 Å². The maximum Gasteiger partial charge on any atom is 0.175 e. The molecule has 0 amide bonds. The topological polar surface area (TPSA) is 52.0 Å². The summed E-state index contributed by atoms with van der Waals surface area (Å²) in [5.74, 6) is 0.686. The second-order valence-electron chi connectivity index (χ2n) is 3.23. The van der Waals surface area contributed by atoms with E-state index in [4.69, 9.17) is 10.3 Å².